The van der Waals surface area contributed by atoms with Crippen molar-refractivity contribution >= 4 is 0 Å². The fourth-order valence-electron chi connectivity index (χ4n) is 2.45. The molecule has 0 aromatic carbocycles. The first-order valence-corrected chi connectivity index (χ1v) is 8.14. The smallest absolute Gasteiger partial charge is 0.0839 e. The first-order valence-electron chi connectivity index (χ1n) is 8.14. The van der Waals surface area contributed by atoms with E-state index in [0.717, 1.165) is 6.42 Å². The molecule has 0 aliphatic carbocycles. The van der Waals surface area contributed by atoms with Crippen LogP contribution in [0.2, 0.25) is 0 Å². The van der Waals surface area contributed by atoms with E-state index in [4.69, 9.17) is 0 Å². The fourth-order valence-corrected chi connectivity index (χ4v) is 2.45. The topological polar surface area (TPSA) is 29.4 Å². The van der Waals surface area contributed by atoms with Gasteiger partial charge in [-0.15, -0.1) is 0 Å². The SMILES string of the molecule is CCCCCCCCCCCCC(CC)CN=O. The van der Waals surface area contributed by atoms with Gasteiger partial charge in [0, 0.05) is 0 Å². The number of unbranched alkanes of at least 4 members (excludes halogenated alkanes) is 9. The molecular formula is C16H33NO. The summed E-state index contributed by atoms with van der Waals surface area (Å²) in [6.45, 7) is 4.95. The van der Waals surface area contributed by atoms with Gasteiger partial charge < -0.3 is 0 Å². The third-order valence-corrected chi connectivity index (χ3v) is 3.88. The van der Waals surface area contributed by atoms with Crippen molar-refractivity contribution in [2.75, 3.05) is 6.54 Å². The van der Waals surface area contributed by atoms with Crippen LogP contribution in [-0.4, -0.2) is 6.54 Å². The third kappa shape index (κ3) is 12.1. The van der Waals surface area contributed by atoms with Gasteiger partial charge in [-0.05, 0) is 12.3 Å². The molecule has 108 valence electrons. The molecule has 0 radical (unpaired) electrons. The Bertz CT molecular complexity index is 170. The maximum Gasteiger partial charge on any atom is 0.0839 e. The monoisotopic (exact) mass is 255 g/mol. The van der Waals surface area contributed by atoms with Gasteiger partial charge in [-0.3, -0.25) is 0 Å². The highest BCUT2D eigenvalue weighted by atomic mass is 16.3. The summed E-state index contributed by atoms with van der Waals surface area (Å²) in [5.41, 5.74) is 0. The van der Waals surface area contributed by atoms with E-state index in [1.807, 2.05) is 0 Å². The standard InChI is InChI=1S/C16H33NO/c1-3-5-6-7-8-9-10-11-12-13-14-16(4-2)15-17-18/h16H,3-15H2,1-2H3. The molecule has 0 aliphatic rings. The van der Waals surface area contributed by atoms with Crippen molar-refractivity contribution in [3.63, 3.8) is 0 Å². The third-order valence-electron chi connectivity index (χ3n) is 3.88. The minimum absolute atomic E-state index is 0.522. The van der Waals surface area contributed by atoms with Crippen LogP contribution in [0.15, 0.2) is 5.18 Å². The van der Waals surface area contributed by atoms with Crippen LogP contribution in [0.4, 0.5) is 0 Å². The fraction of sp³-hybridized carbons (Fsp3) is 1.00. The molecule has 0 aliphatic heterocycles. The van der Waals surface area contributed by atoms with Crippen LogP contribution < -0.4 is 0 Å². The van der Waals surface area contributed by atoms with E-state index in [9.17, 15) is 4.91 Å². The molecule has 0 heterocycles. The summed E-state index contributed by atoms with van der Waals surface area (Å²) in [5, 5.41) is 3.02. The van der Waals surface area contributed by atoms with Crippen molar-refractivity contribution in [3.8, 4) is 0 Å². The van der Waals surface area contributed by atoms with Crippen LogP contribution in [0, 0.1) is 10.8 Å². The van der Waals surface area contributed by atoms with Crippen LogP contribution >= 0.6 is 0 Å². The van der Waals surface area contributed by atoms with E-state index in [0.29, 0.717) is 12.5 Å². The van der Waals surface area contributed by atoms with Gasteiger partial charge in [0.05, 0.1) is 6.54 Å². The Balaban J connectivity index is 3.12. The zero-order chi connectivity index (χ0) is 13.5. The van der Waals surface area contributed by atoms with Crippen molar-refractivity contribution in [2.45, 2.75) is 90.9 Å². The average Bonchev–Trinajstić information content (AvgIpc) is 2.39. The molecular weight excluding hydrogens is 222 g/mol. The average molecular weight is 255 g/mol. The Morgan fingerprint density at radius 1 is 0.778 bits per heavy atom. The van der Waals surface area contributed by atoms with Crippen LogP contribution in [0.3, 0.4) is 0 Å². The predicted molar refractivity (Wildman–Crippen MR) is 80.9 cm³/mol. The molecule has 0 rings (SSSR count). The van der Waals surface area contributed by atoms with Gasteiger partial charge in [0.15, 0.2) is 0 Å². The number of rotatable bonds is 14. The van der Waals surface area contributed by atoms with E-state index in [2.05, 4.69) is 19.0 Å². The summed E-state index contributed by atoms with van der Waals surface area (Å²) < 4.78 is 0. The van der Waals surface area contributed by atoms with Gasteiger partial charge >= 0.3 is 0 Å². The Morgan fingerprint density at radius 2 is 1.28 bits per heavy atom. The lowest BCUT2D eigenvalue weighted by atomic mass is 9.98. The number of hydrogen-bond acceptors (Lipinski definition) is 2. The summed E-state index contributed by atoms with van der Waals surface area (Å²) in [4.78, 5) is 10.2. The first-order chi connectivity index (χ1) is 8.85. The molecule has 0 fully saturated rings. The van der Waals surface area contributed by atoms with Gasteiger partial charge in [0.1, 0.15) is 0 Å². The zero-order valence-corrected chi connectivity index (χ0v) is 12.6. The summed E-state index contributed by atoms with van der Waals surface area (Å²) in [6.07, 6.45) is 16.1. The second-order valence-corrected chi connectivity index (χ2v) is 5.56. The van der Waals surface area contributed by atoms with Gasteiger partial charge in [-0.1, -0.05) is 89.7 Å². The Labute approximate surface area is 114 Å². The summed E-state index contributed by atoms with van der Waals surface area (Å²) in [7, 11) is 0. The van der Waals surface area contributed by atoms with Crippen LogP contribution in [0.1, 0.15) is 90.9 Å². The first kappa shape index (κ1) is 17.6. The second kappa shape index (κ2) is 14.7. The van der Waals surface area contributed by atoms with Crippen molar-refractivity contribution < 1.29 is 0 Å². The lowest BCUT2D eigenvalue weighted by molar-refractivity contribution is 0.445. The van der Waals surface area contributed by atoms with Crippen LogP contribution in [0.25, 0.3) is 0 Å². The van der Waals surface area contributed by atoms with E-state index in [1.165, 1.54) is 70.6 Å². The molecule has 0 bridgehead atoms. The largest absolute Gasteiger partial charge is 0.151 e. The summed E-state index contributed by atoms with van der Waals surface area (Å²) >= 11 is 0. The van der Waals surface area contributed by atoms with E-state index in [1.54, 1.807) is 0 Å². The van der Waals surface area contributed by atoms with Crippen molar-refractivity contribution in [1.82, 2.24) is 0 Å². The predicted octanol–water partition coefficient (Wildman–Crippen LogP) is 6.09. The van der Waals surface area contributed by atoms with Crippen molar-refractivity contribution in [2.24, 2.45) is 11.1 Å². The zero-order valence-electron chi connectivity index (χ0n) is 12.6. The van der Waals surface area contributed by atoms with E-state index in [-0.39, 0.29) is 0 Å². The number of nitroso groups, excluding NO2 is 1. The molecule has 0 N–H and O–H groups in total. The molecule has 0 saturated carbocycles. The Morgan fingerprint density at radius 3 is 1.72 bits per heavy atom. The van der Waals surface area contributed by atoms with Crippen molar-refractivity contribution in [3.05, 3.63) is 4.91 Å². The minimum Gasteiger partial charge on any atom is -0.151 e. The minimum atomic E-state index is 0.522. The molecule has 2 heteroatoms. The second-order valence-electron chi connectivity index (χ2n) is 5.56. The molecule has 0 spiro atoms. The number of nitrogens with zero attached hydrogens (tertiary/aromatic N) is 1. The maximum absolute atomic E-state index is 10.2. The highest BCUT2D eigenvalue weighted by Gasteiger charge is 2.05. The quantitative estimate of drug-likeness (QED) is 0.273. The molecule has 0 saturated heterocycles. The molecule has 2 nitrogen and oxygen atoms in total. The Hall–Kier alpha value is -0.400. The van der Waals surface area contributed by atoms with E-state index < -0.39 is 0 Å². The molecule has 0 aromatic heterocycles. The molecule has 0 amide bonds. The van der Waals surface area contributed by atoms with Crippen LogP contribution in [-0.2, 0) is 0 Å². The van der Waals surface area contributed by atoms with Gasteiger partial charge in [0.25, 0.3) is 0 Å². The highest BCUT2D eigenvalue weighted by Crippen LogP contribution is 2.16. The molecule has 0 aromatic rings. The lowest BCUT2D eigenvalue weighted by Gasteiger charge is -2.09. The normalized spacial score (nSPS) is 12.6. The molecule has 18 heavy (non-hydrogen) atoms. The van der Waals surface area contributed by atoms with E-state index >= 15 is 0 Å². The Kier molecular flexibility index (Phi) is 14.3. The number of hydrogen-bond donors (Lipinski definition) is 0. The lowest BCUT2D eigenvalue weighted by Crippen LogP contribution is -2.02. The summed E-state index contributed by atoms with van der Waals surface area (Å²) in [5.74, 6) is 0.538. The maximum atomic E-state index is 10.2. The van der Waals surface area contributed by atoms with Gasteiger partial charge in [-0.25, -0.2) is 0 Å². The molecule has 1 atom stereocenters. The van der Waals surface area contributed by atoms with Crippen molar-refractivity contribution in [1.29, 1.82) is 0 Å². The summed E-state index contributed by atoms with van der Waals surface area (Å²) in [6, 6.07) is 0. The van der Waals surface area contributed by atoms with Gasteiger partial charge in [0.2, 0.25) is 0 Å². The van der Waals surface area contributed by atoms with Gasteiger partial charge in [-0.2, -0.15) is 4.91 Å². The highest BCUT2D eigenvalue weighted by molar-refractivity contribution is 4.60. The molecule has 1 unspecified atom stereocenters. The van der Waals surface area contributed by atoms with Crippen LogP contribution in [0.5, 0.6) is 0 Å².